The predicted octanol–water partition coefficient (Wildman–Crippen LogP) is 3.79. The van der Waals surface area contributed by atoms with Crippen molar-refractivity contribution in [2.75, 3.05) is 18.4 Å². The summed E-state index contributed by atoms with van der Waals surface area (Å²) >= 11 is 0. The number of anilines is 1. The third-order valence-corrected chi connectivity index (χ3v) is 7.27. The molecule has 0 saturated carbocycles. The fourth-order valence-corrected chi connectivity index (χ4v) is 5.83. The molecule has 1 N–H and O–H groups in total. The molecule has 2 unspecified atom stereocenters. The van der Waals surface area contributed by atoms with E-state index in [0.29, 0.717) is 36.2 Å². The molecule has 3 aromatic rings. The van der Waals surface area contributed by atoms with Crippen molar-refractivity contribution in [3.63, 3.8) is 0 Å². The highest BCUT2D eigenvalue weighted by atomic mass is 32.2. The topological polar surface area (TPSA) is 84.3 Å². The molecule has 8 heteroatoms. The van der Waals surface area contributed by atoms with Crippen LogP contribution in [0.15, 0.2) is 71.9 Å². The van der Waals surface area contributed by atoms with Crippen LogP contribution in [-0.4, -0.2) is 41.5 Å². The third-order valence-electron chi connectivity index (χ3n) is 5.44. The maximum Gasteiger partial charge on any atom is 0.255 e. The summed E-state index contributed by atoms with van der Waals surface area (Å²) in [5.41, 5.74) is 1.71. The lowest BCUT2D eigenvalue weighted by atomic mass is 9.94. The van der Waals surface area contributed by atoms with Gasteiger partial charge in [-0.25, -0.2) is 13.1 Å². The molecule has 1 saturated heterocycles. The number of hydrogen-bond donors (Lipinski definition) is 1. The summed E-state index contributed by atoms with van der Waals surface area (Å²) in [6.07, 6.45) is 4.52. The second-order valence-corrected chi connectivity index (χ2v) is 10.2. The first-order valence-electron chi connectivity index (χ1n) is 10.3. The number of nitrogens with one attached hydrogen (secondary N) is 1. The predicted molar refractivity (Wildman–Crippen MR) is 120 cm³/mol. The first-order valence-corrected chi connectivity index (χ1v) is 11.8. The highest BCUT2D eigenvalue weighted by Gasteiger charge is 2.32. The van der Waals surface area contributed by atoms with Gasteiger partial charge in [-0.3, -0.25) is 4.79 Å². The van der Waals surface area contributed by atoms with Gasteiger partial charge in [-0.15, -0.1) is 0 Å². The number of carbonyl (C=O) groups excluding carboxylic acids is 1. The molecule has 2 heterocycles. The number of nitrogens with zero attached hydrogens (tertiary/aromatic N) is 3. The van der Waals surface area contributed by atoms with Gasteiger partial charge in [0.05, 0.1) is 10.6 Å². The van der Waals surface area contributed by atoms with Gasteiger partial charge in [-0.1, -0.05) is 26.0 Å². The first kappa shape index (κ1) is 21.3. The van der Waals surface area contributed by atoms with Crippen molar-refractivity contribution >= 4 is 21.6 Å². The maximum atomic E-state index is 13.2. The summed E-state index contributed by atoms with van der Waals surface area (Å²) in [6, 6.07) is 15.3. The van der Waals surface area contributed by atoms with Crippen molar-refractivity contribution in [3.05, 3.63) is 72.6 Å². The first-order chi connectivity index (χ1) is 14.8. The van der Waals surface area contributed by atoms with Crippen LogP contribution >= 0.6 is 0 Å². The Morgan fingerprint density at radius 3 is 2.48 bits per heavy atom. The fourth-order valence-electron chi connectivity index (χ4n) is 4.10. The largest absolute Gasteiger partial charge is 0.322 e. The number of aromatic nitrogens is 2. The van der Waals surface area contributed by atoms with Crippen LogP contribution in [0, 0.1) is 11.8 Å². The van der Waals surface area contributed by atoms with Crippen LogP contribution in [0.3, 0.4) is 0 Å². The fraction of sp³-hybridized carbons (Fsp3) is 0.304. The van der Waals surface area contributed by atoms with Crippen molar-refractivity contribution in [1.29, 1.82) is 0 Å². The van der Waals surface area contributed by atoms with Crippen molar-refractivity contribution in [2.24, 2.45) is 11.8 Å². The van der Waals surface area contributed by atoms with Gasteiger partial charge in [0, 0.05) is 36.7 Å². The van der Waals surface area contributed by atoms with Crippen LogP contribution in [-0.2, 0) is 10.0 Å². The van der Waals surface area contributed by atoms with E-state index in [1.165, 1.54) is 10.4 Å². The highest BCUT2D eigenvalue weighted by molar-refractivity contribution is 7.89. The third kappa shape index (κ3) is 4.70. The molecule has 0 bridgehead atoms. The summed E-state index contributed by atoms with van der Waals surface area (Å²) in [5.74, 6) is 0.259. The van der Waals surface area contributed by atoms with E-state index >= 15 is 0 Å². The van der Waals surface area contributed by atoms with E-state index in [0.717, 1.165) is 12.1 Å². The molecule has 162 valence electrons. The zero-order valence-electron chi connectivity index (χ0n) is 17.6. The van der Waals surface area contributed by atoms with Crippen LogP contribution in [0.4, 0.5) is 5.69 Å². The minimum Gasteiger partial charge on any atom is -0.322 e. The van der Waals surface area contributed by atoms with Crippen LogP contribution < -0.4 is 5.32 Å². The maximum absolute atomic E-state index is 13.2. The standard InChI is InChI=1S/C23H26N4O3S/c1-17-12-18(2)16-26(15-17)31(29,30)22-9-3-6-19(13-22)23(28)25-20-7-4-8-21(14-20)27-11-5-10-24-27/h3-11,13-14,17-18H,12,15-16H2,1-2H3,(H,25,28). The second-order valence-electron chi connectivity index (χ2n) is 8.25. The Bertz CT molecular complexity index is 1170. The lowest BCUT2D eigenvalue weighted by Crippen LogP contribution is -2.42. The van der Waals surface area contributed by atoms with Crippen molar-refractivity contribution in [1.82, 2.24) is 14.1 Å². The quantitative estimate of drug-likeness (QED) is 0.657. The number of hydrogen-bond acceptors (Lipinski definition) is 4. The molecule has 1 fully saturated rings. The van der Waals surface area contributed by atoms with Crippen LogP contribution in [0.25, 0.3) is 5.69 Å². The molecule has 1 aliphatic heterocycles. The summed E-state index contributed by atoms with van der Waals surface area (Å²) in [7, 11) is -3.65. The number of rotatable bonds is 5. The van der Waals surface area contributed by atoms with E-state index in [9.17, 15) is 13.2 Å². The van der Waals surface area contributed by atoms with E-state index in [-0.39, 0.29) is 10.8 Å². The molecule has 2 atom stereocenters. The Balaban J connectivity index is 1.54. The van der Waals surface area contributed by atoms with E-state index in [4.69, 9.17) is 0 Å². The van der Waals surface area contributed by atoms with Gasteiger partial charge in [0.25, 0.3) is 5.91 Å². The molecule has 31 heavy (non-hydrogen) atoms. The Morgan fingerprint density at radius 1 is 1.03 bits per heavy atom. The highest BCUT2D eigenvalue weighted by Crippen LogP contribution is 2.27. The Hall–Kier alpha value is -2.97. The van der Waals surface area contributed by atoms with Gasteiger partial charge in [0.15, 0.2) is 0 Å². The minimum atomic E-state index is -3.65. The number of carbonyl (C=O) groups is 1. The summed E-state index contributed by atoms with van der Waals surface area (Å²) in [4.78, 5) is 13.0. The second kappa shape index (κ2) is 8.64. The molecule has 7 nitrogen and oxygen atoms in total. The summed E-state index contributed by atoms with van der Waals surface area (Å²) < 4.78 is 29.6. The summed E-state index contributed by atoms with van der Waals surface area (Å²) in [5, 5.41) is 7.04. The molecular formula is C23H26N4O3S. The van der Waals surface area contributed by atoms with E-state index in [1.54, 1.807) is 35.1 Å². The average molecular weight is 439 g/mol. The number of sulfonamides is 1. The molecule has 0 aliphatic carbocycles. The number of benzene rings is 2. The zero-order chi connectivity index (χ0) is 22.0. The van der Waals surface area contributed by atoms with Gasteiger partial charge >= 0.3 is 0 Å². The van der Waals surface area contributed by atoms with Crippen molar-refractivity contribution in [3.8, 4) is 5.69 Å². The van der Waals surface area contributed by atoms with Gasteiger partial charge in [0.1, 0.15) is 0 Å². The molecule has 1 amide bonds. The normalized spacial score (nSPS) is 19.8. The molecule has 1 aromatic heterocycles. The minimum absolute atomic E-state index is 0.145. The zero-order valence-corrected chi connectivity index (χ0v) is 18.4. The SMILES string of the molecule is CC1CC(C)CN(S(=O)(=O)c2cccc(C(=O)Nc3cccc(-n4cccn4)c3)c2)C1. The van der Waals surface area contributed by atoms with Gasteiger partial charge in [0.2, 0.25) is 10.0 Å². The van der Waals surface area contributed by atoms with Crippen molar-refractivity contribution in [2.45, 2.75) is 25.2 Å². The van der Waals surface area contributed by atoms with E-state index < -0.39 is 10.0 Å². The number of amides is 1. The molecule has 0 radical (unpaired) electrons. The van der Waals surface area contributed by atoms with Crippen molar-refractivity contribution < 1.29 is 13.2 Å². The molecule has 2 aromatic carbocycles. The molecule has 0 spiro atoms. The Morgan fingerprint density at radius 2 is 1.77 bits per heavy atom. The average Bonchev–Trinajstić information content (AvgIpc) is 3.28. The monoisotopic (exact) mass is 438 g/mol. The van der Waals surface area contributed by atoms with Gasteiger partial charge < -0.3 is 5.32 Å². The van der Waals surface area contributed by atoms with Gasteiger partial charge in [-0.05, 0) is 60.7 Å². The van der Waals surface area contributed by atoms with Crippen LogP contribution in [0.2, 0.25) is 0 Å². The van der Waals surface area contributed by atoms with Gasteiger partial charge in [-0.2, -0.15) is 9.40 Å². The van der Waals surface area contributed by atoms with Crippen LogP contribution in [0.5, 0.6) is 0 Å². The Labute approximate surface area is 182 Å². The summed E-state index contributed by atoms with van der Waals surface area (Å²) in [6.45, 7) is 5.14. The molecule has 4 rings (SSSR count). The van der Waals surface area contributed by atoms with E-state index in [2.05, 4.69) is 24.3 Å². The molecule has 1 aliphatic rings. The number of piperidine rings is 1. The molecular weight excluding hydrogens is 412 g/mol. The lowest BCUT2D eigenvalue weighted by Gasteiger charge is -2.34. The smallest absolute Gasteiger partial charge is 0.255 e. The van der Waals surface area contributed by atoms with E-state index in [1.807, 2.05) is 30.5 Å². The Kier molecular flexibility index (Phi) is 5.93. The van der Waals surface area contributed by atoms with Crippen LogP contribution in [0.1, 0.15) is 30.6 Å². The lowest BCUT2D eigenvalue weighted by molar-refractivity contribution is 0.102.